The Bertz CT molecular complexity index is 417. The average molecular weight is 338 g/mol. The summed E-state index contributed by atoms with van der Waals surface area (Å²) in [5.41, 5.74) is 0.423. The van der Waals surface area contributed by atoms with Gasteiger partial charge in [0.05, 0.1) is 13.1 Å². The van der Waals surface area contributed by atoms with E-state index in [-0.39, 0.29) is 18.9 Å². The van der Waals surface area contributed by atoms with Crippen LogP contribution in [0.3, 0.4) is 0 Å². The lowest BCUT2D eigenvalue weighted by Crippen LogP contribution is -2.38. The molecule has 1 rings (SSSR count). The lowest BCUT2D eigenvalue weighted by molar-refractivity contribution is -0.144. The largest absolute Gasteiger partial charge is 0.401 e. The second-order valence-electron chi connectivity index (χ2n) is 4.26. The number of nitrogens with zero attached hydrogens (tertiary/aromatic N) is 1. The lowest BCUT2D eigenvalue weighted by Gasteiger charge is -2.22. The monoisotopic (exact) mass is 337 g/mol. The molecule has 0 heterocycles. The minimum Gasteiger partial charge on any atom is -0.293 e. The van der Waals surface area contributed by atoms with E-state index in [4.69, 9.17) is 0 Å². The Morgan fingerprint density at radius 1 is 1.26 bits per heavy atom. The van der Waals surface area contributed by atoms with Crippen LogP contribution in [-0.4, -0.2) is 36.5 Å². The molecule has 2 nitrogen and oxygen atoms in total. The summed E-state index contributed by atoms with van der Waals surface area (Å²) in [6.45, 7) is 0.771. The molecule has 0 fully saturated rings. The number of hydrogen-bond donors (Lipinski definition) is 0. The molecule has 1 aromatic carbocycles. The predicted octanol–water partition coefficient (Wildman–Crippen LogP) is 3.91. The van der Waals surface area contributed by atoms with E-state index in [2.05, 4.69) is 15.9 Å². The van der Waals surface area contributed by atoms with E-state index in [1.165, 1.54) is 0 Å². The van der Waals surface area contributed by atoms with Gasteiger partial charge >= 0.3 is 6.18 Å². The number of halogens is 4. The van der Waals surface area contributed by atoms with Crippen LogP contribution in [0.25, 0.3) is 0 Å². The summed E-state index contributed by atoms with van der Waals surface area (Å²) in [6.07, 6.45) is -3.71. The molecule has 0 spiro atoms. The number of hydrogen-bond acceptors (Lipinski definition) is 2. The van der Waals surface area contributed by atoms with E-state index in [1.807, 2.05) is 0 Å². The topological polar surface area (TPSA) is 20.3 Å². The summed E-state index contributed by atoms with van der Waals surface area (Å²) in [7, 11) is 0. The summed E-state index contributed by atoms with van der Waals surface area (Å²) in [4.78, 5) is 13.0. The molecular formula is C13H15BrF3NO. The predicted molar refractivity (Wildman–Crippen MR) is 71.3 cm³/mol. The highest BCUT2D eigenvalue weighted by molar-refractivity contribution is 9.10. The molecule has 0 saturated carbocycles. The molecule has 0 aliphatic heterocycles. The van der Waals surface area contributed by atoms with Crippen LogP contribution >= 0.6 is 15.9 Å². The van der Waals surface area contributed by atoms with Crippen LogP contribution in [0.5, 0.6) is 0 Å². The van der Waals surface area contributed by atoms with Crippen molar-refractivity contribution in [2.24, 2.45) is 0 Å². The summed E-state index contributed by atoms with van der Waals surface area (Å²) in [6, 6.07) is 6.59. The molecule has 0 radical (unpaired) electrons. The molecular weight excluding hydrogens is 323 g/mol. The number of benzene rings is 1. The fourth-order valence-corrected chi connectivity index (χ4v) is 1.98. The van der Waals surface area contributed by atoms with Crippen molar-refractivity contribution in [2.45, 2.75) is 19.5 Å². The lowest BCUT2D eigenvalue weighted by atomic mass is 10.1. The zero-order valence-electron chi connectivity index (χ0n) is 10.5. The highest BCUT2D eigenvalue weighted by Gasteiger charge is 2.31. The minimum atomic E-state index is -4.28. The zero-order valence-corrected chi connectivity index (χ0v) is 12.1. The van der Waals surface area contributed by atoms with Gasteiger partial charge in [-0.3, -0.25) is 9.69 Å². The van der Waals surface area contributed by atoms with Crippen LogP contribution in [0.2, 0.25) is 0 Å². The Labute approximate surface area is 118 Å². The third kappa shape index (κ3) is 6.20. The van der Waals surface area contributed by atoms with Crippen molar-refractivity contribution in [1.82, 2.24) is 4.90 Å². The van der Waals surface area contributed by atoms with Crippen molar-refractivity contribution in [3.63, 3.8) is 0 Å². The van der Waals surface area contributed by atoms with Crippen LogP contribution < -0.4 is 0 Å². The maximum atomic E-state index is 12.4. The maximum absolute atomic E-state index is 12.4. The van der Waals surface area contributed by atoms with Gasteiger partial charge in [-0.1, -0.05) is 35.0 Å². The van der Waals surface area contributed by atoms with Gasteiger partial charge in [0.25, 0.3) is 0 Å². The Morgan fingerprint density at radius 2 is 1.84 bits per heavy atom. The van der Waals surface area contributed by atoms with E-state index >= 15 is 0 Å². The van der Waals surface area contributed by atoms with Gasteiger partial charge in [0.15, 0.2) is 5.78 Å². The number of ketones is 1. The minimum absolute atomic E-state index is 0.213. The fraction of sp³-hybridized carbons (Fsp3) is 0.462. The molecule has 106 valence electrons. The van der Waals surface area contributed by atoms with Crippen LogP contribution in [-0.2, 0) is 0 Å². The van der Waals surface area contributed by atoms with Crippen LogP contribution in [0.4, 0.5) is 13.2 Å². The molecule has 0 aromatic heterocycles. The fourth-order valence-electron chi connectivity index (χ4n) is 1.71. The van der Waals surface area contributed by atoms with E-state index in [9.17, 15) is 18.0 Å². The molecule has 0 N–H and O–H groups in total. The van der Waals surface area contributed by atoms with Crippen LogP contribution in [0.15, 0.2) is 28.7 Å². The van der Waals surface area contributed by atoms with Crippen molar-refractivity contribution in [3.8, 4) is 0 Å². The Balaban J connectivity index is 2.68. The van der Waals surface area contributed by atoms with Gasteiger partial charge in [-0.25, -0.2) is 0 Å². The quantitative estimate of drug-likeness (QED) is 0.733. The first-order valence-electron chi connectivity index (χ1n) is 5.89. The van der Waals surface area contributed by atoms with E-state index in [0.717, 1.165) is 9.37 Å². The first-order chi connectivity index (χ1) is 8.81. The van der Waals surface area contributed by atoms with Crippen molar-refractivity contribution in [1.29, 1.82) is 0 Å². The third-order valence-corrected chi connectivity index (χ3v) is 3.00. The molecule has 0 bridgehead atoms. The highest BCUT2D eigenvalue weighted by Crippen LogP contribution is 2.17. The van der Waals surface area contributed by atoms with Gasteiger partial charge in [-0.15, -0.1) is 0 Å². The average Bonchev–Trinajstić information content (AvgIpc) is 2.27. The van der Waals surface area contributed by atoms with Crippen molar-refractivity contribution in [3.05, 3.63) is 34.3 Å². The van der Waals surface area contributed by atoms with E-state index in [1.54, 1.807) is 31.2 Å². The number of alkyl halides is 3. The number of carbonyl (C=O) groups is 1. The van der Waals surface area contributed by atoms with E-state index in [0.29, 0.717) is 12.0 Å². The maximum Gasteiger partial charge on any atom is 0.401 e. The molecule has 0 atom stereocenters. The van der Waals surface area contributed by atoms with Crippen molar-refractivity contribution < 1.29 is 18.0 Å². The number of carbonyl (C=O) groups excluding carboxylic acids is 1. The second kappa shape index (κ2) is 7.05. The summed E-state index contributed by atoms with van der Waals surface area (Å²) < 4.78 is 38.0. The summed E-state index contributed by atoms with van der Waals surface area (Å²) >= 11 is 3.24. The van der Waals surface area contributed by atoms with Crippen LogP contribution in [0.1, 0.15) is 23.7 Å². The highest BCUT2D eigenvalue weighted by atomic mass is 79.9. The van der Waals surface area contributed by atoms with Gasteiger partial charge in [-0.2, -0.15) is 13.2 Å². The molecule has 0 unspecified atom stereocenters. The van der Waals surface area contributed by atoms with Crippen LogP contribution in [0, 0.1) is 0 Å². The first kappa shape index (κ1) is 16.2. The van der Waals surface area contributed by atoms with Crippen molar-refractivity contribution >= 4 is 21.7 Å². The zero-order chi connectivity index (χ0) is 14.5. The molecule has 0 amide bonds. The standard InChI is InChI=1S/C13H15BrF3NO/c1-2-7-18(9-13(15,16)17)8-12(19)10-3-5-11(14)6-4-10/h3-6H,2,7-9H2,1H3. The Kier molecular flexibility index (Phi) is 6.00. The smallest absolute Gasteiger partial charge is 0.293 e. The summed E-state index contributed by atoms with van der Waals surface area (Å²) in [5.74, 6) is -0.301. The summed E-state index contributed by atoms with van der Waals surface area (Å²) in [5, 5.41) is 0. The Morgan fingerprint density at radius 3 is 2.32 bits per heavy atom. The van der Waals surface area contributed by atoms with Gasteiger partial charge in [-0.05, 0) is 25.1 Å². The molecule has 0 aliphatic rings. The molecule has 0 saturated heterocycles. The molecule has 0 aliphatic carbocycles. The third-order valence-electron chi connectivity index (χ3n) is 2.48. The van der Waals surface area contributed by atoms with Gasteiger partial charge in [0.2, 0.25) is 0 Å². The van der Waals surface area contributed by atoms with Gasteiger partial charge < -0.3 is 0 Å². The SMILES string of the molecule is CCCN(CC(=O)c1ccc(Br)cc1)CC(F)(F)F. The van der Waals surface area contributed by atoms with Crippen molar-refractivity contribution in [2.75, 3.05) is 19.6 Å². The van der Waals surface area contributed by atoms with Gasteiger partial charge in [0.1, 0.15) is 0 Å². The van der Waals surface area contributed by atoms with E-state index < -0.39 is 12.7 Å². The Hall–Kier alpha value is -0.880. The number of Topliss-reactive ketones (excluding diaryl/α,β-unsaturated/α-hetero) is 1. The molecule has 6 heteroatoms. The number of rotatable bonds is 6. The molecule has 19 heavy (non-hydrogen) atoms. The second-order valence-corrected chi connectivity index (χ2v) is 5.17. The normalized spacial score (nSPS) is 11.9. The van der Waals surface area contributed by atoms with Gasteiger partial charge in [0, 0.05) is 10.0 Å². The molecule has 1 aromatic rings. The first-order valence-corrected chi connectivity index (χ1v) is 6.69.